The van der Waals surface area contributed by atoms with Crippen molar-refractivity contribution in [3.8, 4) is 0 Å². The minimum atomic E-state index is 0.722. The minimum Gasteiger partial charge on any atom is -0.354 e. The molecule has 1 N–H and O–H groups in total. The second kappa shape index (κ2) is 6.24. The average molecular weight is 301 g/mol. The molecule has 3 rings (SSSR count). The zero-order valence-corrected chi connectivity index (χ0v) is 12.8. The number of thiophene rings is 1. The van der Waals surface area contributed by atoms with Crippen LogP contribution in [0, 0.1) is 0 Å². The molecule has 5 heteroatoms. The summed E-state index contributed by atoms with van der Waals surface area (Å²) in [5.41, 5.74) is 0. The Morgan fingerprint density at radius 3 is 2.80 bits per heavy atom. The number of nitrogens with zero attached hydrogens (tertiary/aromatic N) is 2. The van der Waals surface area contributed by atoms with Crippen molar-refractivity contribution in [1.82, 2.24) is 9.97 Å². The molecule has 0 saturated carbocycles. The van der Waals surface area contributed by atoms with E-state index in [2.05, 4.69) is 45.8 Å². The molecule has 102 valence electrons. The highest BCUT2D eigenvalue weighted by atomic mass is 32.2. The van der Waals surface area contributed by atoms with E-state index in [4.69, 9.17) is 0 Å². The number of aromatic nitrogens is 2. The molecule has 0 bridgehead atoms. The Morgan fingerprint density at radius 1 is 1.15 bits per heavy atom. The average Bonchev–Trinajstić information content (AvgIpc) is 2.95. The van der Waals surface area contributed by atoms with Crippen molar-refractivity contribution in [3.63, 3.8) is 0 Å². The van der Waals surface area contributed by atoms with Gasteiger partial charge < -0.3 is 5.32 Å². The van der Waals surface area contributed by atoms with Gasteiger partial charge in [-0.15, -0.1) is 11.3 Å². The van der Waals surface area contributed by atoms with Gasteiger partial charge in [-0.2, -0.15) is 0 Å². The Morgan fingerprint density at radius 2 is 2.00 bits per heavy atom. The summed E-state index contributed by atoms with van der Waals surface area (Å²) in [4.78, 5) is 11.4. The lowest BCUT2D eigenvalue weighted by atomic mass is 10.4. The number of anilines is 1. The molecule has 20 heavy (non-hydrogen) atoms. The van der Waals surface area contributed by atoms with E-state index in [1.165, 1.54) is 4.90 Å². The van der Waals surface area contributed by atoms with Gasteiger partial charge in [0.1, 0.15) is 9.86 Å². The van der Waals surface area contributed by atoms with E-state index in [0.29, 0.717) is 0 Å². The molecule has 1 aromatic carbocycles. The zero-order chi connectivity index (χ0) is 13.8. The SMILES string of the molecule is CCCNc1nc(Sc2ccccc2)c2ccsc2n1. The van der Waals surface area contributed by atoms with E-state index in [-0.39, 0.29) is 0 Å². The van der Waals surface area contributed by atoms with Gasteiger partial charge in [-0.05, 0) is 30.0 Å². The van der Waals surface area contributed by atoms with Gasteiger partial charge in [0.15, 0.2) is 0 Å². The van der Waals surface area contributed by atoms with Crippen molar-refractivity contribution in [1.29, 1.82) is 0 Å². The van der Waals surface area contributed by atoms with Crippen LogP contribution in [0.5, 0.6) is 0 Å². The molecule has 0 radical (unpaired) electrons. The third kappa shape index (κ3) is 2.94. The standard InChI is InChI=1S/C15H15N3S2/c1-2-9-16-15-17-13-12(8-10-19-13)14(18-15)20-11-6-4-3-5-7-11/h3-8,10H,2,9H2,1H3,(H,16,17,18). The summed E-state index contributed by atoms with van der Waals surface area (Å²) < 4.78 is 0. The molecule has 2 heterocycles. The molecular weight excluding hydrogens is 286 g/mol. The van der Waals surface area contributed by atoms with E-state index in [0.717, 1.165) is 34.2 Å². The Labute approximate surface area is 126 Å². The first kappa shape index (κ1) is 13.4. The lowest BCUT2D eigenvalue weighted by Crippen LogP contribution is -2.04. The minimum absolute atomic E-state index is 0.722. The number of fused-ring (bicyclic) bond motifs is 1. The first-order chi connectivity index (χ1) is 9.86. The fourth-order valence-corrected chi connectivity index (χ4v) is 3.57. The highest BCUT2D eigenvalue weighted by molar-refractivity contribution is 7.99. The Balaban J connectivity index is 1.97. The van der Waals surface area contributed by atoms with Crippen LogP contribution in [0.3, 0.4) is 0 Å². The van der Waals surface area contributed by atoms with Crippen LogP contribution in [0.15, 0.2) is 51.7 Å². The van der Waals surface area contributed by atoms with Gasteiger partial charge >= 0.3 is 0 Å². The molecule has 0 spiro atoms. The molecule has 3 aromatic rings. The summed E-state index contributed by atoms with van der Waals surface area (Å²) in [6, 6.07) is 12.4. The summed E-state index contributed by atoms with van der Waals surface area (Å²) in [5, 5.41) is 7.49. The van der Waals surface area contributed by atoms with E-state index < -0.39 is 0 Å². The predicted octanol–water partition coefficient (Wildman–Crippen LogP) is 4.66. The van der Waals surface area contributed by atoms with Crippen LogP contribution in [0.25, 0.3) is 10.2 Å². The molecule has 0 atom stereocenters. The van der Waals surface area contributed by atoms with Crippen molar-refractivity contribution in [3.05, 3.63) is 41.8 Å². The number of benzene rings is 1. The maximum absolute atomic E-state index is 4.65. The van der Waals surface area contributed by atoms with E-state index in [1.54, 1.807) is 23.1 Å². The van der Waals surface area contributed by atoms with Crippen molar-refractivity contribution in [2.24, 2.45) is 0 Å². The summed E-state index contributed by atoms with van der Waals surface area (Å²) in [6.07, 6.45) is 1.06. The lowest BCUT2D eigenvalue weighted by Gasteiger charge is -2.07. The second-order valence-electron chi connectivity index (χ2n) is 4.33. The van der Waals surface area contributed by atoms with Crippen LogP contribution in [0.2, 0.25) is 0 Å². The maximum atomic E-state index is 4.65. The number of rotatable bonds is 5. The predicted molar refractivity (Wildman–Crippen MR) is 86.8 cm³/mol. The van der Waals surface area contributed by atoms with Crippen LogP contribution < -0.4 is 5.32 Å². The molecule has 0 aliphatic carbocycles. The summed E-state index contributed by atoms with van der Waals surface area (Å²) >= 11 is 3.34. The van der Waals surface area contributed by atoms with Gasteiger partial charge in [0.25, 0.3) is 0 Å². The third-order valence-electron chi connectivity index (χ3n) is 2.78. The largest absolute Gasteiger partial charge is 0.354 e. The van der Waals surface area contributed by atoms with Crippen LogP contribution in [0.4, 0.5) is 5.95 Å². The summed E-state index contributed by atoms with van der Waals surface area (Å²) in [6.45, 7) is 3.03. The molecule has 0 saturated heterocycles. The van der Waals surface area contributed by atoms with E-state index >= 15 is 0 Å². The van der Waals surface area contributed by atoms with Gasteiger partial charge in [-0.25, -0.2) is 9.97 Å². The molecule has 3 nitrogen and oxygen atoms in total. The van der Waals surface area contributed by atoms with Crippen molar-refractivity contribution >= 4 is 39.3 Å². The Bertz CT molecular complexity index is 695. The molecule has 0 unspecified atom stereocenters. The quantitative estimate of drug-likeness (QED) is 0.695. The number of hydrogen-bond acceptors (Lipinski definition) is 5. The Kier molecular flexibility index (Phi) is 4.18. The van der Waals surface area contributed by atoms with E-state index in [1.807, 2.05) is 18.2 Å². The first-order valence-corrected chi connectivity index (χ1v) is 8.28. The fraction of sp³-hybridized carbons (Fsp3) is 0.200. The number of nitrogens with one attached hydrogen (secondary N) is 1. The highest BCUT2D eigenvalue weighted by Gasteiger charge is 2.10. The third-order valence-corrected chi connectivity index (χ3v) is 4.60. The lowest BCUT2D eigenvalue weighted by molar-refractivity contribution is 0.947. The summed E-state index contributed by atoms with van der Waals surface area (Å²) in [7, 11) is 0. The van der Waals surface area contributed by atoms with Crippen molar-refractivity contribution < 1.29 is 0 Å². The molecular formula is C15H15N3S2. The smallest absolute Gasteiger partial charge is 0.225 e. The first-order valence-electron chi connectivity index (χ1n) is 6.59. The molecule has 2 aromatic heterocycles. The van der Waals surface area contributed by atoms with Gasteiger partial charge in [0.05, 0.1) is 0 Å². The maximum Gasteiger partial charge on any atom is 0.225 e. The second-order valence-corrected chi connectivity index (χ2v) is 6.29. The van der Waals surface area contributed by atoms with Crippen molar-refractivity contribution in [2.75, 3.05) is 11.9 Å². The normalized spacial score (nSPS) is 10.8. The topological polar surface area (TPSA) is 37.8 Å². The van der Waals surface area contributed by atoms with Gasteiger partial charge in [0, 0.05) is 16.8 Å². The van der Waals surface area contributed by atoms with Crippen LogP contribution in [-0.4, -0.2) is 16.5 Å². The van der Waals surface area contributed by atoms with Gasteiger partial charge in [-0.3, -0.25) is 0 Å². The van der Waals surface area contributed by atoms with E-state index in [9.17, 15) is 0 Å². The highest BCUT2D eigenvalue weighted by Crippen LogP contribution is 2.34. The van der Waals surface area contributed by atoms with Crippen LogP contribution in [0.1, 0.15) is 13.3 Å². The number of hydrogen-bond donors (Lipinski definition) is 1. The van der Waals surface area contributed by atoms with Crippen LogP contribution >= 0.6 is 23.1 Å². The zero-order valence-electron chi connectivity index (χ0n) is 11.2. The van der Waals surface area contributed by atoms with Gasteiger partial charge in [-0.1, -0.05) is 36.9 Å². The monoisotopic (exact) mass is 301 g/mol. The fourth-order valence-electron chi connectivity index (χ4n) is 1.82. The summed E-state index contributed by atoms with van der Waals surface area (Å²) in [5.74, 6) is 0.722. The molecule has 0 amide bonds. The van der Waals surface area contributed by atoms with Gasteiger partial charge in [0.2, 0.25) is 5.95 Å². The molecule has 0 aliphatic heterocycles. The van der Waals surface area contributed by atoms with Crippen molar-refractivity contribution in [2.45, 2.75) is 23.3 Å². The Hall–Kier alpha value is -1.59. The molecule has 0 fully saturated rings. The van der Waals surface area contributed by atoms with Crippen LogP contribution in [-0.2, 0) is 0 Å². The molecule has 0 aliphatic rings.